The number of hydrogen-bond donors (Lipinski definition) is 2. The number of thiophene rings is 1. The Hall–Kier alpha value is -5.43. The summed E-state index contributed by atoms with van der Waals surface area (Å²) in [7, 11) is 0. The number of carbonyl (C=O) groups excluding carboxylic acids is 2. The number of para-hydroxylation sites is 1. The second kappa shape index (κ2) is 11.9. The number of anilines is 1. The van der Waals surface area contributed by atoms with E-state index in [1.807, 2.05) is 23.6 Å². The summed E-state index contributed by atoms with van der Waals surface area (Å²) in [6.07, 6.45) is 0. The number of nitriles is 2. The minimum absolute atomic E-state index is 0.00674. The van der Waals surface area contributed by atoms with Crippen molar-refractivity contribution in [1.82, 2.24) is 4.98 Å². The first-order valence-corrected chi connectivity index (χ1v) is 15.5. The molecule has 1 spiro atoms. The van der Waals surface area contributed by atoms with Crippen LogP contribution in [-0.2, 0) is 24.5 Å². The van der Waals surface area contributed by atoms with E-state index in [2.05, 4.69) is 11.4 Å². The third-order valence-electron chi connectivity index (χ3n) is 7.39. The summed E-state index contributed by atoms with van der Waals surface area (Å²) >= 11 is 2.55. The number of pyridine rings is 1. The first-order chi connectivity index (χ1) is 21.8. The summed E-state index contributed by atoms with van der Waals surface area (Å²) in [5.41, 5.74) is 6.67. The highest BCUT2D eigenvalue weighted by Crippen LogP contribution is 2.52. The van der Waals surface area contributed by atoms with Crippen molar-refractivity contribution >= 4 is 40.7 Å². The molecule has 4 heterocycles. The van der Waals surface area contributed by atoms with Gasteiger partial charge in [0.1, 0.15) is 39.9 Å². The molecule has 3 N–H and O–H groups in total. The predicted octanol–water partition coefficient (Wildman–Crippen LogP) is 6.01. The Labute approximate surface area is 265 Å². The van der Waals surface area contributed by atoms with E-state index >= 15 is 0 Å². The van der Waals surface area contributed by atoms with Gasteiger partial charge in [0.25, 0.3) is 0 Å². The Morgan fingerprint density at radius 1 is 1.16 bits per heavy atom. The van der Waals surface area contributed by atoms with Crippen molar-refractivity contribution in [2.24, 2.45) is 5.73 Å². The van der Waals surface area contributed by atoms with E-state index in [0.717, 1.165) is 16.6 Å². The summed E-state index contributed by atoms with van der Waals surface area (Å²) in [6.45, 7) is 1.62. The van der Waals surface area contributed by atoms with Crippen LogP contribution in [0.3, 0.4) is 0 Å². The SMILES string of the molecule is CCOC(=O)C1=C(CSc2nc(-c3cccs3)cc(-c3ccc(F)cc3)c2C#N)OC(N)=C(C#N)[C@]12C(=O)Nc1ccccc12. The molecule has 9 nitrogen and oxygen atoms in total. The molecule has 0 saturated carbocycles. The van der Waals surface area contributed by atoms with E-state index in [0.29, 0.717) is 33.1 Å². The molecule has 1 amide bonds. The molecule has 0 aliphatic carbocycles. The van der Waals surface area contributed by atoms with Crippen molar-refractivity contribution in [3.8, 4) is 33.8 Å². The molecule has 2 aliphatic rings. The number of benzene rings is 2. The molecular weight excluding hydrogens is 614 g/mol. The number of carbonyl (C=O) groups is 2. The molecule has 0 fully saturated rings. The summed E-state index contributed by atoms with van der Waals surface area (Å²) in [5.74, 6) is -2.37. The second-order valence-corrected chi connectivity index (χ2v) is 11.8. The van der Waals surface area contributed by atoms with E-state index in [1.54, 1.807) is 49.4 Å². The van der Waals surface area contributed by atoms with Crippen molar-refractivity contribution in [2.45, 2.75) is 17.4 Å². The number of halogens is 1. The van der Waals surface area contributed by atoms with Gasteiger partial charge in [-0.3, -0.25) is 4.79 Å². The maximum Gasteiger partial charge on any atom is 0.339 e. The number of esters is 1. The van der Waals surface area contributed by atoms with Crippen molar-refractivity contribution in [3.63, 3.8) is 0 Å². The number of rotatable bonds is 7. The maximum atomic E-state index is 13.8. The number of fused-ring (bicyclic) bond motifs is 2. The Balaban J connectivity index is 1.52. The average Bonchev–Trinajstić information content (AvgIpc) is 3.67. The first kappa shape index (κ1) is 29.6. The van der Waals surface area contributed by atoms with Gasteiger partial charge in [0, 0.05) is 16.8 Å². The van der Waals surface area contributed by atoms with Crippen LogP contribution in [0.1, 0.15) is 18.1 Å². The molecule has 0 radical (unpaired) electrons. The molecule has 222 valence electrons. The van der Waals surface area contributed by atoms with Crippen LogP contribution in [0.2, 0.25) is 0 Å². The third-order valence-corrected chi connectivity index (χ3v) is 9.25. The fraction of sp³-hybridized carbons (Fsp3) is 0.121. The number of aromatic nitrogens is 1. The molecule has 0 unspecified atom stereocenters. The molecule has 45 heavy (non-hydrogen) atoms. The van der Waals surface area contributed by atoms with Crippen LogP contribution in [-0.4, -0.2) is 29.2 Å². The lowest BCUT2D eigenvalue weighted by Gasteiger charge is -2.34. The van der Waals surface area contributed by atoms with Crippen LogP contribution in [0.25, 0.3) is 21.7 Å². The van der Waals surface area contributed by atoms with Crippen LogP contribution in [0.15, 0.2) is 99.9 Å². The van der Waals surface area contributed by atoms with Gasteiger partial charge in [-0.2, -0.15) is 10.5 Å². The Bertz CT molecular complexity index is 2010. The number of ether oxygens (including phenoxy) is 2. The van der Waals surface area contributed by atoms with Crippen LogP contribution in [0.4, 0.5) is 10.1 Å². The highest BCUT2D eigenvalue weighted by Gasteiger charge is 2.60. The smallest absolute Gasteiger partial charge is 0.339 e. The second-order valence-electron chi connectivity index (χ2n) is 9.84. The molecule has 2 aliphatic heterocycles. The molecule has 2 aromatic heterocycles. The highest BCUT2D eigenvalue weighted by molar-refractivity contribution is 7.99. The number of nitrogens with two attached hydrogens (primary N) is 1. The number of amides is 1. The van der Waals surface area contributed by atoms with Gasteiger partial charge in [-0.05, 0) is 48.2 Å². The zero-order valence-corrected chi connectivity index (χ0v) is 25.2. The Morgan fingerprint density at radius 2 is 1.93 bits per heavy atom. The number of hydrogen-bond acceptors (Lipinski definition) is 10. The van der Waals surface area contributed by atoms with E-state index in [4.69, 9.17) is 20.2 Å². The monoisotopic (exact) mass is 635 g/mol. The molecule has 0 saturated heterocycles. The summed E-state index contributed by atoms with van der Waals surface area (Å²) in [5, 5.41) is 25.5. The zero-order valence-electron chi connectivity index (χ0n) is 23.6. The average molecular weight is 636 g/mol. The molecule has 1 atom stereocenters. The molecule has 4 aromatic rings. The largest absolute Gasteiger partial charge is 0.462 e. The van der Waals surface area contributed by atoms with Crippen LogP contribution >= 0.6 is 23.1 Å². The van der Waals surface area contributed by atoms with Gasteiger partial charge in [-0.15, -0.1) is 11.3 Å². The third kappa shape index (κ3) is 4.90. The van der Waals surface area contributed by atoms with Gasteiger partial charge in [-0.1, -0.05) is 48.2 Å². The molecule has 6 rings (SSSR count). The fourth-order valence-electron chi connectivity index (χ4n) is 5.49. The van der Waals surface area contributed by atoms with Gasteiger partial charge in [-0.25, -0.2) is 14.2 Å². The lowest BCUT2D eigenvalue weighted by Crippen LogP contribution is -2.46. The predicted molar refractivity (Wildman–Crippen MR) is 167 cm³/mol. The zero-order chi connectivity index (χ0) is 31.7. The van der Waals surface area contributed by atoms with Gasteiger partial charge < -0.3 is 20.5 Å². The van der Waals surface area contributed by atoms with E-state index in [-0.39, 0.29) is 40.7 Å². The highest BCUT2D eigenvalue weighted by atomic mass is 32.2. The van der Waals surface area contributed by atoms with E-state index in [9.17, 15) is 24.5 Å². The van der Waals surface area contributed by atoms with Crippen molar-refractivity contribution in [1.29, 1.82) is 10.5 Å². The number of nitrogens with zero attached hydrogens (tertiary/aromatic N) is 3. The number of nitrogens with one attached hydrogen (secondary N) is 1. The lowest BCUT2D eigenvalue weighted by atomic mass is 9.68. The topological polar surface area (TPSA) is 151 Å². The summed E-state index contributed by atoms with van der Waals surface area (Å²) < 4.78 is 25.1. The molecule has 12 heteroatoms. The van der Waals surface area contributed by atoms with Crippen LogP contribution in [0.5, 0.6) is 0 Å². The lowest BCUT2D eigenvalue weighted by molar-refractivity contribution is -0.140. The summed E-state index contributed by atoms with van der Waals surface area (Å²) in [6, 6.07) is 22.3. The van der Waals surface area contributed by atoms with E-state index < -0.39 is 23.1 Å². The van der Waals surface area contributed by atoms with E-state index in [1.165, 1.54) is 23.5 Å². The van der Waals surface area contributed by atoms with Gasteiger partial charge in [0.05, 0.1) is 28.5 Å². The molecule has 2 aromatic carbocycles. The number of thioether (sulfide) groups is 1. The Kier molecular flexibility index (Phi) is 7.85. The fourth-order valence-corrected chi connectivity index (χ4v) is 7.11. The van der Waals surface area contributed by atoms with Crippen LogP contribution in [0, 0.1) is 28.5 Å². The first-order valence-electron chi connectivity index (χ1n) is 13.6. The molecule has 0 bridgehead atoms. The van der Waals surface area contributed by atoms with Crippen molar-refractivity contribution in [3.05, 3.63) is 112 Å². The van der Waals surface area contributed by atoms with Gasteiger partial charge >= 0.3 is 5.97 Å². The minimum Gasteiger partial charge on any atom is -0.462 e. The summed E-state index contributed by atoms with van der Waals surface area (Å²) in [4.78, 5) is 33.1. The quantitative estimate of drug-likeness (QED) is 0.184. The van der Waals surface area contributed by atoms with Gasteiger partial charge in [0.2, 0.25) is 11.8 Å². The standard InChI is InChI=1S/C33H22FN5O4S2/c1-2-42-31(40)28-26(43-29(37)23(16-36)33(28)22-6-3-4-7-24(22)39-32(33)41)17-45-30-21(15-35)20(18-9-11-19(34)12-10-18)14-25(38-30)27-8-5-13-44-27/h3-14H,2,17,37H2,1H3,(H,39,41)/t33-/m0/s1. The molecular formula is C33H22FN5O4S2. The van der Waals surface area contributed by atoms with Crippen molar-refractivity contribution < 1.29 is 23.5 Å². The maximum absolute atomic E-state index is 13.8. The normalized spacial score (nSPS) is 16.9. The Morgan fingerprint density at radius 3 is 2.62 bits per heavy atom. The minimum atomic E-state index is -1.92. The van der Waals surface area contributed by atoms with Gasteiger partial charge in [0.15, 0.2) is 5.41 Å². The van der Waals surface area contributed by atoms with Crippen molar-refractivity contribution in [2.75, 3.05) is 17.7 Å². The van der Waals surface area contributed by atoms with Crippen LogP contribution < -0.4 is 11.1 Å².